The second-order valence-electron chi connectivity index (χ2n) is 9.09. The van der Waals surface area contributed by atoms with E-state index in [1.165, 1.54) is 12.1 Å². The zero-order valence-corrected chi connectivity index (χ0v) is 20.4. The van der Waals surface area contributed by atoms with Gasteiger partial charge in [-0.1, -0.05) is 13.0 Å². The number of nitrogens with zero attached hydrogens (tertiary/aromatic N) is 5. The van der Waals surface area contributed by atoms with Gasteiger partial charge in [-0.2, -0.15) is 14.9 Å². The molecule has 4 aromatic rings. The molecule has 1 fully saturated rings. The minimum Gasteiger partial charge on any atom is -0.383 e. The van der Waals surface area contributed by atoms with E-state index in [0.717, 1.165) is 54.3 Å². The van der Waals surface area contributed by atoms with Crippen molar-refractivity contribution in [1.82, 2.24) is 19.6 Å². The van der Waals surface area contributed by atoms with Gasteiger partial charge in [-0.05, 0) is 42.7 Å². The van der Waals surface area contributed by atoms with Crippen molar-refractivity contribution in [2.75, 3.05) is 37.0 Å². The van der Waals surface area contributed by atoms with Gasteiger partial charge in [-0.15, -0.1) is 0 Å². The second-order valence-corrected chi connectivity index (χ2v) is 9.09. The third-order valence-electron chi connectivity index (χ3n) is 6.48. The highest BCUT2D eigenvalue weighted by Gasteiger charge is 2.26. The van der Waals surface area contributed by atoms with Crippen LogP contribution in [0.1, 0.15) is 23.8 Å². The summed E-state index contributed by atoms with van der Waals surface area (Å²) < 4.78 is 36.2. The fourth-order valence-corrected chi connectivity index (χ4v) is 4.65. The average Bonchev–Trinajstić information content (AvgIpc) is 3.49. The number of aromatic nitrogens is 4. The van der Waals surface area contributed by atoms with E-state index < -0.39 is 28.8 Å². The zero-order valence-electron chi connectivity index (χ0n) is 20.4. The predicted octanol–water partition coefficient (Wildman–Crippen LogP) is 3.61. The zero-order chi connectivity index (χ0) is 26.1. The molecule has 1 saturated heterocycles. The maximum Gasteiger partial charge on any atom is 0.276 e. The van der Waals surface area contributed by atoms with Gasteiger partial charge in [-0.25, -0.2) is 8.78 Å². The minimum absolute atomic E-state index is 0.168. The van der Waals surface area contributed by atoms with Crippen molar-refractivity contribution >= 4 is 28.2 Å². The van der Waals surface area contributed by atoms with Crippen LogP contribution in [-0.4, -0.2) is 52.3 Å². The summed E-state index contributed by atoms with van der Waals surface area (Å²) in [4.78, 5) is 27.8. The molecule has 0 unspecified atom stereocenters. The number of ether oxygens (including phenoxy) is 1. The maximum atomic E-state index is 14.3. The van der Waals surface area contributed by atoms with E-state index in [9.17, 15) is 18.4 Å². The molecule has 1 atom stereocenters. The molecule has 192 valence electrons. The first-order valence-corrected chi connectivity index (χ1v) is 12.0. The molecule has 3 heterocycles. The Balaban J connectivity index is 1.53. The monoisotopic (exact) mass is 508 g/mol. The summed E-state index contributed by atoms with van der Waals surface area (Å²) in [5.41, 5.74) is 0.725. The molecule has 2 aromatic heterocycles. The summed E-state index contributed by atoms with van der Waals surface area (Å²) in [5, 5.41) is 12.2. The lowest BCUT2D eigenvalue weighted by molar-refractivity contribution is 0.102. The molecule has 11 heteroatoms. The third-order valence-corrected chi connectivity index (χ3v) is 6.48. The van der Waals surface area contributed by atoms with Crippen LogP contribution in [0.2, 0.25) is 0 Å². The second kappa shape index (κ2) is 10.1. The number of fused-ring (bicyclic) bond motifs is 1. The van der Waals surface area contributed by atoms with Crippen molar-refractivity contribution in [3.63, 3.8) is 0 Å². The quantitative estimate of drug-likeness (QED) is 0.410. The molecule has 1 aliphatic rings. The Hall–Kier alpha value is -4.12. The van der Waals surface area contributed by atoms with E-state index >= 15 is 0 Å². The normalized spacial score (nSPS) is 15.5. The van der Waals surface area contributed by atoms with Crippen LogP contribution in [0.5, 0.6) is 0 Å². The number of amides is 1. The van der Waals surface area contributed by atoms with Gasteiger partial charge >= 0.3 is 0 Å². The number of hydrogen-bond donors (Lipinski definition) is 1. The first-order valence-electron chi connectivity index (χ1n) is 12.0. The maximum absolute atomic E-state index is 14.3. The number of anilines is 2. The molecular formula is C26H26F2N6O3. The van der Waals surface area contributed by atoms with E-state index in [4.69, 9.17) is 4.74 Å². The van der Waals surface area contributed by atoms with Crippen molar-refractivity contribution in [2.45, 2.75) is 19.9 Å². The number of hydrogen-bond acceptors (Lipinski definition) is 6. The molecule has 1 amide bonds. The molecule has 1 N–H and O–H groups in total. The Kier molecular flexibility index (Phi) is 6.70. The molecule has 0 bridgehead atoms. The number of carbonyl (C=O) groups excluding carboxylic acids is 1. The van der Waals surface area contributed by atoms with Gasteiger partial charge in [-0.3, -0.25) is 14.3 Å². The molecular weight excluding hydrogens is 482 g/mol. The Bertz CT molecular complexity index is 1510. The van der Waals surface area contributed by atoms with Crippen LogP contribution in [0.25, 0.3) is 16.6 Å². The smallest absolute Gasteiger partial charge is 0.276 e. The van der Waals surface area contributed by atoms with Crippen LogP contribution in [-0.2, 0) is 11.3 Å². The van der Waals surface area contributed by atoms with Crippen LogP contribution >= 0.6 is 0 Å². The first-order chi connectivity index (χ1) is 17.9. The van der Waals surface area contributed by atoms with Gasteiger partial charge in [0.2, 0.25) is 0 Å². The lowest BCUT2D eigenvalue weighted by atomic mass is 10.1. The summed E-state index contributed by atoms with van der Waals surface area (Å²) >= 11 is 0. The third kappa shape index (κ3) is 4.69. The van der Waals surface area contributed by atoms with Gasteiger partial charge in [0.1, 0.15) is 11.4 Å². The largest absolute Gasteiger partial charge is 0.383 e. The molecule has 2 aromatic carbocycles. The van der Waals surface area contributed by atoms with Gasteiger partial charge in [0.15, 0.2) is 11.6 Å². The summed E-state index contributed by atoms with van der Waals surface area (Å²) in [6, 6.07) is 9.18. The van der Waals surface area contributed by atoms with Gasteiger partial charge in [0, 0.05) is 31.7 Å². The van der Waals surface area contributed by atoms with E-state index in [-0.39, 0.29) is 5.69 Å². The fraction of sp³-hybridized carbons (Fsp3) is 0.308. The number of rotatable bonds is 7. The fourth-order valence-electron chi connectivity index (χ4n) is 4.65. The number of nitrogens with one attached hydrogen (secondary N) is 1. The molecule has 1 aliphatic heterocycles. The van der Waals surface area contributed by atoms with Crippen molar-refractivity contribution < 1.29 is 18.3 Å². The molecule has 0 aliphatic carbocycles. The van der Waals surface area contributed by atoms with Gasteiger partial charge < -0.3 is 15.0 Å². The van der Waals surface area contributed by atoms with E-state index in [1.54, 1.807) is 19.4 Å². The Morgan fingerprint density at radius 3 is 2.62 bits per heavy atom. The molecule has 0 spiro atoms. The highest BCUT2D eigenvalue weighted by molar-refractivity contribution is 6.08. The number of carbonyl (C=O) groups is 1. The van der Waals surface area contributed by atoms with Crippen LogP contribution in [0, 0.1) is 17.6 Å². The first kappa shape index (κ1) is 24.6. The summed E-state index contributed by atoms with van der Waals surface area (Å²) in [6.45, 7) is 4.91. The van der Waals surface area contributed by atoms with Crippen molar-refractivity contribution in [1.29, 1.82) is 0 Å². The molecule has 0 radical (unpaired) electrons. The molecule has 0 saturated carbocycles. The van der Waals surface area contributed by atoms with E-state index in [1.807, 2.05) is 10.7 Å². The van der Waals surface area contributed by atoms with Crippen molar-refractivity contribution in [3.05, 3.63) is 76.3 Å². The number of para-hydroxylation sites is 1. The highest BCUT2D eigenvalue weighted by Crippen LogP contribution is 2.37. The van der Waals surface area contributed by atoms with E-state index in [2.05, 4.69) is 27.3 Å². The van der Waals surface area contributed by atoms with Crippen LogP contribution < -0.4 is 15.8 Å². The molecule has 5 rings (SSSR count). The Labute approximate surface area is 211 Å². The summed E-state index contributed by atoms with van der Waals surface area (Å²) in [6.07, 6.45) is 2.79. The Morgan fingerprint density at radius 2 is 1.92 bits per heavy atom. The van der Waals surface area contributed by atoms with E-state index in [0.29, 0.717) is 29.4 Å². The minimum atomic E-state index is -0.964. The lowest BCUT2D eigenvalue weighted by Crippen LogP contribution is -2.27. The highest BCUT2D eigenvalue weighted by atomic mass is 19.1. The van der Waals surface area contributed by atoms with Crippen LogP contribution in [0.3, 0.4) is 0 Å². The number of benzene rings is 2. The SMILES string of the molecule is COCCn1ncc2c(N3CC[C@H](C)C3)c(NC(=O)c3ccc(=O)n(-c4c(F)cccc4F)n3)ccc21. The Morgan fingerprint density at radius 1 is 1.14 bits per heavy atom. The standard InChI is InChI=1S/C26H26F2N6O3/c1-16-10-11-32(15-16)24-17-14-29-33(12-13-37-2)22(17)8-6-20(24)30-26(36)21-7-9-23(35)34(31-21)25-18(27)4-3-5-19(25)28/h3-9,14,16H,10-13,15H2,1-2H3,(H,30,36)/t16-/m0/s1. The topological polar surface area (TPSA) is 94.3 Å². The average molecular weight is 509 g/mol. The summed E-state index contributed by atoms with van der Waals surface area (Å²) in [7, 11) is 1.63. The van der Waals surface area contributed by atoms with Gasteiger partial charge in [0.25, 0.3) is 11.5 Å². The van der Waals surface area contributed by atoms with Crippen LogP contribution in [0.15, 0.2) is 53.5 Å². The molecule has 37 heavy (non-hydrogen) atoms. The number of methoxy groups -OCH3 is 1. The van der Waals surface area contributed by atoms with Crippen molar-refractivity contribution in [3.8, 4) is 5.69 Å². The van der Waals surface area contributed by atoms with Gasteiger partial charge in [0.05, 0.1) is 36.2 Å². The number of halogens is 2. The molecule has 9 nitrogen and oxygen atoms in total. The van der Waals surface area contributed by atoms with Crippen molar-refractivity contribution in [2.24, 2.45) is 5.92 Å². The summed E-state index contributed by atoms with van der Waals surface area (Å²) in [5.74, 6) is -2.06. The lowest BCUT2D eigenvalue weighted by Gasteiger charge is -2.23. The van der Waals surface area contributed by atoms with Crippen LogP contribution in [0.4, 0.5) is 20.2 Å². The predicted molar refractivity (Wildman–Crippen MR) is 135 cm³/mol.